The van der Waals surface area contributed by atoms with Gasteiger partial charge in [-0.15, -0.1) is 0 Å². The molecule has 9 nitrogen and oxygen atoms in total. The molecule has 1 aromatic carbocycles. The summed E-state index contributed by atoms with van der Waals surface area (Å²) in [5.41, 5.74) is 5.58. The average molecular weight is 399 g/mol. The van der Waals surface area contributed by atoms with E-state index in [-0.39, 0.29) is 39.6 Å². The number of benzene rings is 1. The molecule has 0 unspecified atom stereocenters. The number of hydrogen-bond acceptors (Lipinski definition) is 5. The summed E-state index contributed by atoms with van der Waals surface area (Å²) < 4.78 is 30.9. The number of aryl methyl sites for hydroxylation is 1. The van der Waals surface area contributed by atoms with Crippen LogP contribution in [-0.2, 0) is 7.05 Å². The SMILES string of the molecule is CNC(=O)c1cc(-c2cn(-c3c(F)cccc3F)c(=O)c3c(N)n[nH]c23)nn1C. The van der Waals surface area contributed by atoms with Crippen LogP contribution in [-0.4, -0.2) is 37.5 Å². The number of aromatic nitrogens is 5. The maximum atomic E-state index is 14.4. The predicted molar refractivity (Wildman–Crippen MR) is 102 cm³/mol. The molecule has 148 valence electrons. The molecule has 4 aromatic rings. The number of pyridine rings is 1. The maximum Gasteiger partial charge on any atom is 0.269 e. The molecule has 0 saturated heterocycles. The minimum atomic E-state index is -0.925. The molecule has 0 aliphatic carbocycles. The molecule has 4 rings (SSSR count). The lowest BCUT2D eigenvalue weighted by Crippen LogP contribution is -2.21. The standard InChI is InChI=1S/C18H15F2N7O2/c1-22-17(28)12-6-11(25-26(12)2)8-7-27(15-9(19)4-3-5-10(15)20)18(29)13-14(8)23-24-16(13)21/h3-7H,1-2H3,(H,22,28)(H3,21,23,24). The van der Waals surface area contributed by atoms with Crippen LogP contribution in [0.5, 0.6) is 0 Å². The molecule has 0 saturated carbocycles. The van der Waals surface area contributed by atoms with Gasteiger partial charge < -0.3 is 11.1 Å². The molecule has 0 aliphatic heterocycles. The van der Waals surface area contributed by atoms with Crippen LogP contribution in [0, 0.1) is 11.6 Å². The molecule has 11 heteroatoms. The number of fused-ring (bicyclic) bond motifs is 1. The van der Waals surface area contributed by atoms with E-state index in [1.165, 1.54) is 30.1 Å². The topological polar surface area (TPSA) is 124 Å². The Morgan fingerprint density at radius 1 is 1.28 bits per heavy atom. The van der Waals surface area contributed by atoms with Crippen LogP contribution in [0.25, 0.3) is 27.8 Å². The van der Waals surface area contributed by atoms with Gasteiger partial charge in [0.15, 0.2) is 5.82 Å². The highest BCUT2D eigenvalue weighted by Crippen LogP contribution is 2.29. The first-order valence-corrected chi connectivity index (χ1v) is 8.43. The second kappa shape index (κ2) is 6.55. The quantitative estimate of drug-likeness (QED) is 0.480. The summed E-state index contributed by atoms with van der Waals surface area (Å²) in [6.45, 7) is 0. The lowest BCUT2D eigenvalue weighted by atomic mass is 10.1. The highest BCUT2D eigenvalue weighted by molar-refractivity contribution is 5.99. The van der Waals surface area contributed by atoms with Crippen molar-refractivity contribution in [1.29, 1.82) is 0 Å². The third-order valence-electron chi connectivity index (χ3n) is 4.55. The van der Waals surface area contributed by atoms with Gasteiger partial charge >= 0.3 is 0 Å². The van der Waals surface area contributed by atoms with E-state index in [1.54, 1.807) is 7.05 Å². The first-order valence-electron chi connectivity index (χ1n) is 8.43. The van der Waals surface area contributed by atoms with E-state index >= 15 is 0 Å². The molecule has 0 fully saturated rings. The Hall–Kier alpha value is -4.02. The summed E-state index contributed by atoms with van der Waals surface area (Å²) in [5.74, 6) is -2.35. The number of carbonyl (C=O) groups is 1. The molecule has 4 N–H and O–H groups in total. The molecular weight excluding hydrogens is 384 g/mol. The number of halogens is 2. The fraction of sp³-hybridized carbons (Fsp3) is 0.111. The largest absolute Gasteiger partial charge is 0.382 e. The van der Waals surface area contributed by atoms with Gasteiger partial charge in [0.25, 0.3) is 11.5 Å². The van der Waals surface area contributed by atoms with E-state index in [1.807, 2.05) is 0 Å². The second-order valence-corrected chi connectivity index (χ2v) is 6.26. The fourth-order valence-corrected chi connectivity index (χ4v) is 3.16. The average Bonchev–Trinajstić information content (AvgIpc) is 3.26. The number of para-hydroxylation sites is 1. The zero-order chi connectivity index (χ0) is 20.9. The van der Waals surface area contributed by atoms with Crippen molar-refractivity contribution in [2.75, 3.05) is 12.8 Å². The van der Waals surface area contributed by atoms with E-state index in [2.05, 4.69) is 20.6 Å². The van der Waals surface area contributed by atoms with E-state index in [0.717, 1.165) is 16.7 Å². The summed E-state index contributed by atoms with van der Waals surface area (Å²) in [4.78, 5) is 24.9. The Morgan fingerprint density at radius 2 is 1.97 bits per heavy atom. The number of nitrogens with zero attached hydrogens (tertiary/aromatic N) is 4. The molecule has 3 heterocycles. The summed E-state index contributed by atoms with van der Waals surface area (Å²) >= 11 is 0. The molecule has 29 heavy (non-hydrogen) atoms. The van der Waals surface area contributed by atoms with Crippen LogP contribution in [0.1, 0.15) is 10.5 Å². The number of H-pyrrole nitrogens is 1. The van der Waals surface area contributed by atoms with Crippen LogP contribution in [0.3, 0.4) is 0 Å². The number of aromatic amines is 1. The van der Waals surface area contributed by atoms with Crippen molar-refractivity contribution in [2.45, 2.75) is 0 Å². The molecule has 0 bridgehead atoms. The van der Waals surface area contributed by atoms with Crippen molar-refractivity contribution in [3.8, 4) is 16.9 Å². The van der Waals surface area contributed by atoms with Crippen LogP contribution < -0.4 is 16.6 Å². The van der Waals surface area contributed by atoms with Gasteiger partial charge in [0.05, 0.1) is 11.2 Å². The maximum absolute atomic E-state index is 14.4. The van der Waals surface area contributed by atoms with E-state index in [0.29, 0.717) is 0 Å². The van der Waals surface area contributed by atoms with Gasteiger partial charge in [-0.1, -0.05) is 6.07 Å². The van der Waals surface area contributed by atoms with Gasteiger partial charge in [-0.25, -0.2) is 8.78 Å². The van der Waals surface area contributed by atoms with Crippen LogP contribution >= 0.6 is 0 Å². The fourth-order valence-electron chi connectivity index (χ4n) is 3.16. The monoisotopic (exact) mass is 399 g/mol. The number of nitrogens with two attached hydrogens (primary N) is 1. The number of nitrogen functional groups attached to an aromatic ring is 1. The van der Waals surface area contributed by atoms with Crippen molar-refractivity contribution in [2.24, 2.45) is 7.05 Å². The number of rotatable bonds is 3. The third-order valence-corrected chi connectivity index (χ3v) is 4.55. The van der Waals surface area contributed by atoms with Crippen LogP contribution in [0.2, 0.25) is 0 Å². The lowest BCUT2D eigenvalue weighted by Gasteiger charge is -2.11. The number of amides is 1. The van der Waals surface area contributed by atoms with Gasteiger partial charge in [0.2, 0.25) is 0 Å². The van der Waals surface area contributed by atoms with Crippen molar-refractivity contribution in [1.82, 2.24) is 29.9 Å². The van der Waals surface area contributed by atoms with Crippen molar-refractivity contribution in [3.05, 3.63) is 58.1 Å². The van der Waals surface area contributed by atoms with E-state index in [4.69, 9.17) is 5.73 Å². The molecule has 0 aliphatic rings. The van der Waals surface area contributed by atoms with Gasteiger partial charge in [0.1, 0.15) is 28.4 Å². The first-order chi connectivity index (χ1) is 13.8. The summed E-state index contributed by atoms with van der Waals surface area (Å²) in [6, 6.07) is 4.76. The summed E-state index contributed by atoms with van der Waals surface area (Å²) in [5, 5.41) is 13.2. The van der Waals surface area contributed by atoms with Crippen LogP contribution in [0.15, 0.2) is 35.3 Å². The molecular formula is C18H15F2N7O2. The van der Waals surface area contributed by atoms with Gasteiger partial charge in [-0.3, -0.25) is 23.9 Å². The normalized spacial score (nSPS) is 11.2. The van der Waals surface area contributed by atoms with Crippen LogP contribution in [0.4, 0.5) is 14.6 Å². The Balaban J connectivity index is 2.08. The third kappa shape index (κ3) is 2.74. The zero-order valence-electron chi connectivity index (χ0n) is 15.3. The van der Waals surface area contributed by atoms with Gasteiger partial charge in [-0.2, -0.15) is 10.2 Å². The molecule has 0 spiro atoms. The lowest BCUT2D eigenvalue weighted by molar-refractivity contribution is 0.0954. The zero-order valence-corrected chi connectivity index (χ0v) is 15.3. The smallest absolute Gasteiger partial charge is 0.269 e. The Bertz CT molecular complexity index is 1320. The molecule has 0 atom stereocenters. The molecule has 0 radical (unpaired) electrons. The van der Waals surface area contributed by atoms with Crippen molar-refractivity contribution >= 4 is 22.6 Å². The summed E-state index contributed by atoms with van der Waals surface area (Å²) in [7, 11) is 3.04. The number of carbonyl (C=O) groups excluding carboxylic acids is 1. The minimum absolute atomic E-state index is 0.0442. The van der Waals surface area contributed by atoms with Crippen molar-refractivity contribution in [3.63, 3.8) is 0 Å². The number of hydrogen-bond donors (Lipinski definition) is 3. The Kier molecular flexibility index (Phi) is 4.14. The van der Waals surface area contributed by atoms with E-state index in [9.17, 15) is 18.4 Å². The molecule has 1 amide bonds. The Labute approximate surface area is 161 Å². The summed E-state index contributed by atoms with van der Waals surface area (Å²) in [6.07, 6.45) is 1.24. The predicted octanol–water partition coefficient (Wildman–Crippen LogP) is 1.33. The van der Waals surface area contributed by atoms with Gasteiger partial charge in [0, 0.05) is 25.9 Å². The molecule has 3 aromatic heterocycles. The Morgan fingerprint density at radius 3 is 2.62 bits per heavy atom. The first kappa shape index (κ1) is 18.3. The highest BCUT2D eigenvalue weighted by Gasteiger charge is 2.22. The minimum Gasteiger partial charge on any atom is -0.382 e. The van der Waals surface area contributed by atoms with Crippen molar-refractivity contribution < 1.29 is 13.6 Å². The number of anilines is 1. The second-order valence-electron chi connectivity index (χ2n) is 6.26. The van der Waals surface area contributed by atoms with E-state index < -0.39 is 22.9 Å². The number of nitrogens with one attached hydrogen (secondary N) is 2. The highest BCUT2D eigenvalue weighted by atomic mass is 19.1. The van der Waals surface area contributed by atoms with Gasteiger partial charge in [-0.05, 0) is 18.2 Å².